The first-order valence-electron chi connectivity index (χ1n) is 6.80. The first kappa shape index (κ1) is 16.3. The molecule has 1 atom stereocenters. The van der Waals surface area contributed by atoms with Crippen LogP contribution in [0.2, 0.25) is 0 Å². The Bertz CT molecular complexity index is 737. The third-order valence-electron chi connectivity index (χ3n) is 3.46. The van der Waals surface area contributed by atoms with E-state index in [2.05, 4.69) is 21.2 Å². The average molecular weight is 365 g/mol. The molecule has 2 aromatic rings. The maximum Gasteiger partial charge on any atom is 0.325 e. The van der Waals surface area contributed by atoms with E-state index in [0.29, 0.717) is 5.56 Å². The lowest BCUT2D eigenvalue weighted by Gasteiger charge is -2.11. The van der Waals surface area contributed by atoms with Crippen molar-refractivity contribution in [3.05, 3.63) is 51.8 Å². The summed E-state index contributed by atoms with van der Waals surface area (Å²) in [6.45, 7) is 5.19. The topological polar surface area (TPSA) is 71.3 Å². The van der Waals surface area contributed by atoms with Crippen molar-refractivity contribution in [2.24, 2.45) is 0 Å². The summed E-state index contributed by atoms with van der Waals surface area (Å²) in [7, 11) is 0. The molecule has 0 saturated carbocycles. The highest BCUT2D eigenvalue weighted by atomic mass is 79.9. The highest BCUT2D eigenvalue weighted by Crippen LogP contribution is 2.23. The smallest absolute Gasteiger partial charge is 0.325 e. The third kappa shape index (κ3) is 3.22. The summed E-state index contributed by atoms with van der Waals surface area (Å²) in [5.74, 6) is -1.45. The van der Waals surface area contributed by atoms with Gasteiger partial charge in [0.25, 0.3) is 5.91 Å². The van der Waals surface area contributed by atoms with Gasteiger partial charge in [-0.1, -0.05) is 22.0 Å². The largest absolute Gasteiger partial charge is 0.480 e. The predicted octanol–water partition coefficient (Wildman–Crippen LogP) is 3.06. The second-order valence-corrected chi connectivity index (χ2v) is 6.05. The number of hydrogen-bond acceptors (Lipinski definition) is 2. The molecule has 2 N–H and O–H groups in total. The van der Waals surface area contributed by atoms with E-state index in [9.17, 15) is 9.59 Å². The Labute approximate surface area is 137 Å². The van der Waals surface area contributed by atoms with Gasteiger partial charge in [-0.15, -0.1) is 0 Å². The van der Waals surface area contributed by atoms with Gasteiger partial charge in [-0.3, -0.25) is 9.59 Å². The van der Waals surface area contributed by atoms with Gasteiger partial charge in [0.1, 0.15) is 6.04 Å². The van der Waals surface area contributed by atoms with Gasteiger partial charge in [0.15, 0.2) is 0 Å². The van der Waals surface area contributed by atoms with Crippen molar-refractivity contribution in [3.8, 4) is 5.69 Å². The zero-order chi connectivity index (χ0) is 16.4. The van der Waals surface area contributed by atoms with Crippen LogP contribution in [0.5, 0.6) is 0 Å². The van der Waals surface area contributed by atoms with Crippen LogP contribution in [-0.2, 0) is 4.79 Å². The van der Waals surface area contributed by atoms with Gasteiger partial charge >= 0.3 is 5.97 Å². The molecule has 0 radical (unpaired) electrons. The van der Waals surface area contributed by atoms with E-state index in [0.717, 1.165) is 21.5 Å². The number of carbonyl (C=O) groups is 2. The van der Waals surface area contributed by atoms with Crippen molar-refractivity contribution in [2.75, 3.05) is 0 Å². The summed E-state index contributed by atoms with van der Waals surface area (Å²) in [5.41, 5.74) is 3.09. The van der Waals surface area contributed by atoms with Crippen LogP contribution in [0.4, 0.5) is 0 Å². The number of halogens is 1. The second-order valence-electron chi connectivity index (χ2n) is 5.13. The van der Waals surface area contributed by atoms with Crippen molar-refractivity contribution in [2.45, 2.75) is 26.8 Å². The minimum atomic E-state index is -1.06. The zero-order valence-corrected chi connectivity index (χ0v) is 14.1. The molecule has 0 spiro atoms. The van der Waals surface area contributed by atoms with Crippen LogP contribution in [0.3, 0.4) is 0 Å². The van der Waals surface area contributed by atoms with E-state index in [1.807, 2.05) is 42.7 Å². The molecule has 0 fully saturated rings. The summed E-state index contributed by atoms with van der Waals surface area (Å²) < 4.78 is 2.91. The van der Waals surface area contributed by atoms with Crippen LogP contribution in [0.15, 0.2) is 34.8 Å². The Morgan fingerprint density at radius 2 is 1.95 bits per heavy atom. The standard InChI is InChI=1S/C16H17BrN2O3/c1-9-7-14(15(20)18-10(2)16(21)22)11(3)19(9)13-6-4-5-12(17)8-13/h4-8,10H,1-3H3,(H,18,20)(H,21,22)/t10-/m1/s1. The molecule has 2 rings (SSSR count). The first-order chi connectivity index (χ1) is 10.3. The number of aromatic nitrogens is 1. The number of nitrogens with one attached hydrogen (secondary N) is 1. The second kappa shape index (κ2) is 6.36. The number of nitrogens with zero attached hydrogens (tertiary/aromatic N) is 1. The highest BCUT2D eigenvalue weighted by Gasteiger charge is 2.20. The maximum atomic E-state index is 12.2. The fraction of sp³-hybridized carbons (Fsp3) is 0.250. The highest BCUT2D eigenvalue weighted by molar-refractivity contribution is 9.10. The van der Waals surface area contributed by atoms with E-state index >= 15 is 0 Å². The summed E-state index contributed by atoms with van der Waals surface area (Å²) >= 11 is 3.44. The van der Waals surface area contributed by atoms with Crippen LogP contribution in [0.25, 0.3) is 5.69 Å². The molecule has 22 heavy (non-hydrogen) atoms. The number of carboxylic acids is 1. The molecule has 0 saturated heterocycles. The summed E-state index contributed by atoms with van der Waals surface area (Å²) in [4.78, 5) is 23.1. The Morgan fingerprint density at radius 3 is 2.55 bits per heavy atom. The molecule has 6 heteroatoms. The van der Waals surface area contributed by atoms with Crippen molar-refractivity contribution in [1.82, 2.24) is 9.88 Å². The molecule has 5 nitrogen and oxygen atoms in total. The van der Waals surface area contributed by atoms with Gasteiger partial charge in [-0.2, -0.15) is 0 Å². The lowest BCUT2D eigenvalue weighted by Crippen LogP contribution is -2.38. The molecule has 0 bridgehead atoms. The predicted molar refractivity (Wildman–Crippen MR) is 87.5 cm³/mol. The van der Waals surface area contributed by atoms with Gasteiger partial charge in [0.05, 0.1) is 5.56 Å². The van der Waals surface area contributed by atoms with Crippen molar-refractivity contribution in [1.29, 1.82) is 0 Å². The van der Waals surface area contributed by atoms with Crippen LogP contribution < -0.4 is 5.32 Å². The monoisotopic (exact) mass is 364 g/mol. The van der Waals surface area contributed by atoms with Crippen molar-refractivity contribution >= 4 is 27.8 Å². The van der Waals surface area contributed by atoms with E-state index in [-0.39, 0.29) is 5.91 Å². The number of benzene rings is 1. The van der Waals surface area contributed by atoms with E-state index in [4.69, 9.17) is 5.11 Å². The molecule has 0 unspecified atom stereocenters. The Kier molecular flexibility index (Phi) is 4.71. The number of aliphatic carboxylic acids is 1. The minimum absolute atomic E-state index is 0.385. The van der Waals surface area contributed by atoms with Crippen LogP contribution in [-0.4, -0.2) is 27.6 Å². The maximum absolute atomic E-state index is 12.2. The summed E-state index contributed by atoms with van der Waals surface area (Å²) in [5, 5.41) is 11.4. The lowest BCUT2D eigenvalue weighted by molar-refractivity contribution is -0.138. The fourth-order valence-corrected chi connectivity index (χ4v) is 2.73. The van der Waals surface area contributed by atoms with E-state index in [1.165, 1.54) is 6.92 Å². The van der Waals surface area contributed by atoms with Crippen LogP contribution in [0, 0.1) is 13.8 Å². The molecule has 1 heterocycles. The van der Waals surface area contributed by atoms with Crippen LogP contribution >= 0.6 is 15.9 Å². The molecule has 0 aliphatic rings. The molecule has 1 aromatic carbocycles. The van der Waals surface area contributed by atoms with Crippen LogP contribution in [0.1, 0.15) is 28.7 Å². The summed E-state index contributed by atoms with van der Waals surface area (Å²) in [6.07, 6.45) is 0. The van der Waals surface area contributed by atoms with Gasteiger partial charge in [-0.25, -0.2) is 0 Å². The van der Waals surface area contributed by atoms with Gasteiger partial charge in [0, 0.05) is 21.5 Å². The molecule has 0 aliphatic carbocycles. The molecular weight excluding hydrogens is 348 g/mol. The fourth-order valence-electron chi connectivity index (χ4n) is 2.34. The Morgan fingerprint density at radius 1 is 1.27 bits per heavy atom. The number of carboxylic acid groups (broad SMARTS) is 1. The lowest BCUT2D eigenvalue weighted by atomic mass is 10.2. The average Bonchev–Trinajstić information content (AvgIpc) is 2.73. The number of carbonyl (C=O) groups excluding carboxylic acids is 1. The Balaban J connectivity index is 2.39. The molecule has 1 amide bonds. The quantitative estimate of drug-likeness (QED) is 0.875. The number of aryl methyl sites for hydroxylation is 1. The van der Waals surface area contributed by atoms with Crippen molar-refractivity contribution in [3.63, 3.8) is 0 Å². The molecule has 116 valence electrons. The van der Waals surface area contributed by atoms with E-state index in [1.54, 1.807) is 6.07 Å². The number of hydrogen-bond donors (Lipinski definition) is 2. The molecule has 0 aliphatic heterocycles. The first-order valence-corrected chi connectivity index (χ1v) is 7.59. The SMILES string of the molecule is Cc1cc(C(=O)N[C@H](C)C(=O)O)c(C)n1-c1cccc(Br)c1. The number of rotatable bonds is 4. The Hall–Kier alpha value is -2.08. The van der Waals surface area contributed by atoms with Gasteiger partial charge < -0.3 is 15.0 Å². The van der Waals surface area contributed by atoms with Gasteiger partial charge in [-0.05, 0) is 45.0 Å². The normalized spacial score (nSPS) is 12.0. The zero-order valence-electron chi connectivity index (χ0n) is 12.6. The number of amides is 1. The molecular formula is C16H17BrN2O3. The van der Waals surface area contributed by atoms with Crippen molar-refractivity contribution < 1.29 is 14.7 Å². The summed E-state index contributed by atoms with van der Waals surface area (Å²) in [6, 6.07) is 8.60. The molecule has 1 aromatic heterocycles. The van der Waals surface area contributed by atoms with Gasteiger partial charge in [0.2, 0.25) is 0 Å². The van der Waals surface area contributed by atoms with E-state index < -0.39 is 12.0 Å². The minimum Gasteiger partial charge on any atom is -0.480 e. The third-order valence-corrected chi connectivity index (χ3v) is 3.95.